The van der Waals surface area contributed by atoms with Gasteiger partial charge in [0.05, 0.1) is 0 Å². The fourth-order valence-electron chi connectivity index (χ4n) is 1.11. The summed E-state index contributed by atoms with van der Waals surface area (Å²) >= 11 is 0. The summed E-state index contributed by atoms with van der Waals surface area (Å²) < 4.78 is 39.8. The predicted molar refractivity (Wildman–Crippen MR) is 49.5 cm³/mol. The predicted octanol–water partition coefficient (Wildman–Crippen LogP) is 2.71. The summed E-state index contributed by atoms with van der Waals surface area (Å²) in [4.78, 5) is 10.8. The molecule has 0 aromatic rings. The van der Waals surface area contributed by atoms with Crippen LogP contribution in [0.25, 0.3) is 0 Å². The highest BCUT2D eigenvalue weighted by Crippen LogP contribution is 2.12. The van der Waals surface area contributed by atoms with Crippen molar-refractivity contribution in [2.45, 2.75) is 39.5 Å². The normalized spacial score (nSPS) is 13.8. The highest BCUT2D eigenvalue weighted by molar-refractivity contribution is 5.67. The largest absolute Gasteiger partial charge is 0.447 e. The summed E-state index contributed by atoms with van der Waals surface area (Å²) in [6.07, 6.45) is -5.18. The third kappa shape index (κ3) is 9.37. The van der Waals surface area contributed by atoms with Crippen molar-refractivity contribution in [3.05, 3.63) is 0 Å². The van der Waals surface area contributed by atoms with Crippen LogP contribution in [0, 0.1) is 5.92 Å². The molecule has 0 spiro atoms. The molecule has 0 rings (SSSR count). The molecule has 0 heterocycles. The number of alkyl halides is 3. The van der Waals surface area contributed by atoms with E-state index in [4.69, 9.17) is 4.74 Å². The lowest BCUT2D eigenvalue weighted by atomic mass is 10.1. The first-order chi connectivity index (χ1) is 6.70. The second-order valence-electron chi connectivity index (χ2n) is 3.81. The number of halogens is 3. The van der Waals surface area contributed by atoms with Crippen molar-refractivity contribution in [2.24, 2.45) is 5.92 Å². The minimum absolute atomic E-state index is 0.329. The van der Waals surface area contributed by atoms with Crippen LogP contribution in [0.3, 0.4) is 0 Å². The van der Waals surface area contributed by atoms with E-state index >= 15 is 0 Å². The second-order valence-corrected chi connectivity index (χ2v) is 3.81. The number of nitrogens with one attached hydrogen (secondary N) is 1. The Hall–Kier alpha value is -0.940. The Labute approximate surface area is 87.0 Å². The Morgan fingerprint density at radius 2 is 1.87 bits per heavy atom. The van der Waals surface area contributed by atoms with Crippen LogP contribution in [-0.2, 0) is 4.74 Å². The van der Waals surface area contributed by atoms with Gasteiger partial charge in [-0.1, -0.05) is 13.8 Å². The molecule has 3 nitrogen and oxygen atoms in total. The van der Waals surface area contributed by atoms with Gasteiger partial charge in [-0.05, 0) is 19.3 Å². The van der Waals surface area contributed by atoms with Crippen molar-refractivity contribution in [1.82, 2.24) is 5.32 Å². The maximum atomic E-state index is 11.7. The van der Waals surface area contributed by atoms with Crippen LogP contribution in [0.15, 0.2) is 0 Å². The van der Waals surface area contributed by atoms with Crippen molar-refractivity contribution >= 4 is 6.09 Å². The molecular weight excluding hydrogens is 211 g/mol. The molecule has 1 N–H and O–H groups in total. The average Bonchev–Trinajstić information content (AvgIpc) is 1.97. The third-order valence-corrected chi connectivity index (χ3v) is 1.54. The van der Waals surface area contributed by atoms with E-state index in [0.29, 0.717) is 12.3 Å². The SMILES string of the molecule is CC(C)CC(C)OC(=O)NCC(F)(F)F. The van der Waals surface area contributed by atoms with Crippen LogP contribution < -0.4 is 5.32 Å². The highest BCUT2D eigenvalue weighted by atomic mass is 19.4. The van der Waals surface area contributed by atoms with Crippen LogP contribution >= 0.6 is 0 Å². The smallest absolute Gasteiger partial charge is 0.407 e. The lowest BCUT2D eigenvalue weighted by Crippen LogP contribution is -2.35. The van der Waals surface area contributed by atoms with Crippen molar-refractivity contribution in [3.8, 4) is 0 Å². The van der Waals surface area contributed by atoms with Gasteiger partial charge in [-0.25, -0.2) is 4.79 Å². The van der Waals surface area contributed by atoms with E-state index < -0.39 is 18.8 Å². The molecular formula is C9H16F3NO2. The zero-order chi connectivity index (χ0) is 12.1. The topological polar surface area (TPSA) is 38.3 Å². The molecule has 0 radical (unpaired) electrons. The van der Waals surface area contributed by atoms with E-state index in [1.165, 1.54) is 0 Å². The molecule has 1 amide bonds. The fourth-order valence-corrected chi connectivity index (χ4v) is 1.11. The molecule has 1 unspecified atom stereocenters. The lowest BCUT2D eigenvalue weighted by molar-refractivity contribution is -0.124. The van der Waals surface area contributed by atoms with Gasteiger partial charge in [0.2, 0.25) is 0 Å². The summed E-state index contributed by atoms with van der Waals surface area (Å²) in [5.74, 6) is 0.329. The standard InChI is InChI=1S/C9H16F3NO2/c1-6(2)4-7(3)15-8(14)13-5-9(10,11)12/h6-7H,4-5H2,1-3H3,(H,13,14). The molecule has 1 atom stereocenters. The molecule has 0 fully saturated rings. The van der Waals surface area contributed by atoms with Crippen LogP contribution in [-0.4, -0.2) is 24.9 Å². The third-order valence-electron chi connectivity index (χ3n) is 1.54. The van der Waals surface area contributed by atoms with Gasteiger partial charge in [-0.2, -0.15) is 13.2 Å². The summed E-state index contributed by atoms with van der Waals surface area (Å²) in [5.41, 5.74) is 0. The number of ether oxygens (including phenoxy) is 1. The number of carbonyl (C=O) groups excluding carboxylic acids is 1. The minimum atomic E-state index is -4.40. The molecule has 0 bridgehead atoms. The zero-order valence-electron chi connectivity index (χ0n) is 9.02. The van der Waals surface area contributed by atoms with E-state index in [2.05, 4.69) is 0 Å². The van der Waals surface area contributed by atoms with Gasteiger partial charge in [0.1, 0.15) is 12.6 Å². The van der Waals surface area contributed by atoms with Gasteiger partial charge in [-0.3, -0.25) is 0 Å². The molecule has 0 saturated carbocycles. The van der Waals surface area contributed by atoms with Crippen LogP contribution in [0.4, 0.5) is 18.0 Å². The number of hydrogen-bond donors (Lipinski definition) is 1. The maximum Gasteiger partial charge on any atom is 0.407 e. The summed E-state index contributed by atoms with van der Waals surface area (Å²) in [6.45, 7) is 4.16. The number of amides is 1. The van der Waals surface area contributed by atoms with Gasteiger partial charge in [0.25, 0.3) is 0 Å². The maximum absolute atomic E-state index is 11.7. The van der Waals surface area contributed by atoms with Crippen LogP contribution in [0.1, 0.15) is 27.2 Å². The molecule has 0 aliphatic heterocycles. The van der Waals surface area contributed by atoms with Crippen molar-refractivity contribution in [3.63, 3.8) is 0 Å². The first-order valence-electron chi connectivity index (χ1n) is 4.72. The lowest BCUT2D eigenvalue weighted by Gasteiger charge is -2.16. The molecule has 0 saturated heterocycles. The van der Waals surface area contributed by atoms with Gasteiger partial charge >= 0.3 is 12.3 Å². The number of alkyl carbamates (subject to hydrolysis) is 1. The van der Waals surface area contributed by atoms with E-state index in [1.807, 2.05) is 13.8 Å². The Bertz CT molecular complexity index is 204. The Morgan fingerprint density at radius 3 is 2.27 bits per heavy atom. The van der Waals surface area contributed by atoms with Gasteiger partial charge in [-0.15, -0.1) is 0 Å². The summed E-state index contributed by atoms with van der Waals surface area (Å²) in [7, 11) is 0. The highest BCUT2D eigenvalue weighted by Gasteiger charge is 2.28. The number of carbonyl (C=O) groups is 1. The number of rotatable bonds is 4. The molecule has 0 aliphatic carbocycles. The fraction of sp³-hybridized carbons (Fsp3) is 0.889. The Morgan fingerprint density at radius 1 is 1.33 bits per heavy atom. The minimum Gasteiger partial charge on any atom is -0.447 e. The van der Waals surface area contributed by atoms with E-state index in [-0.39, 0.29) is 6.10 Å². The van der Waals surface area contributed by atoms with Gasteiger partial charge in [0, 0.05) is 0 Å². The molecule has 0 aromatic carbocycles. The van der Waals surface area contributed by atoms with E-state index in [9.17, 15) is 18.0 Å². The molecule has 6 heteroatoms. The first kappa shape index (κ1) is 14.1. The molecule has 15 heavy (non-hydrogen) atoms. The van der Waals surface area contributed by atoms with Crippen molar-refractivity contribution in [2.75, 3.05) is 6.54 Å². The van der Waals surface area contributed by atoms with Crippen molar-refractivity contribution in [1.29, 1.82) is 0 Å². The summed E-state index contributed by atoms with van der Waals surface area (Å²) in [6, 6.07) is 0. The van der Waals surface area contributed by atoms with E-state index in [1.54, 1.807) is 12.2 Å². The second kappa shape index (κ2) is 5.82. The van der Waals surface area contributed by atoms with Crippen molar-refractivity contribution < 1.29 is 22.7 Å². The zero-order valence-corrected chi connectivity index (χ0v) is 9.02. The van der Waals surface area contributed by atoms with Gasteiger partial charge in [0.15, 0.2) is 0 Å². The van der Waals surface area contributed by atoms with E-state index in [0.717, 1.165) is 0 Å². The summed E-state index contributed by atoms with van der Waals surface area (Å²) in [5, 5.41) is 1.64. The molecule has 0 aromatic heterocycles. The monoisotopic (exact) mass is 227 g/mol. The van der Waals surface area contributed by atoms with Crippen LogP contribution in [0.2, 0.25) is 0 Å². The number of hydrogen-bond acceptors (Lipinski definition) is 2. The van der Waals surface area contributed by atoms with Crippen LogP contribution in [0.5, 0.6) is 0 Å². The molecule has 0 aliphatic rings. The quantitative estimate of drug-likeness (QED) is 0.801. The average molecular weight is 227 g/mol. The Kier molecular flexibility index (Phi) is 5.46. The molecule has 90 valence electrons. The first-order valence-corrected chi connectivity index (χ1v) is 4.72. The van der Waals surface area contributed by atoms with Gasteiger partial charge < -0.3 is 10.1 Å². The Balaban J connectivity index is 3.74.